The van der Waals surface area contributed by atoms with Gasteiger partial charge in [0.25, 0.3) is 0 Å². The zero-order valence-corrected chi connectivity index (χ0v) is 23.1. The lowest BCUT2D eigenvalue weighted by Gasteiger charge is -2.25. The average Bonchev–Trinajstić information content (AvgIpc) is 3.07. The maximum atomic E-state index is 12.4. The van der Waals surface area contributed by atoms with Gasteiger partial charge in [-0.2, -0.15) is 0 Å². The Morgan fingerprint density at radius 3 is 2.43 bits per heavy atom. The number of rotatable bonds is 11. The van der Waals surface area contributed by atoms with E-state index in [2.05, 4.69) is 41.1 Å². The second-order valence-corrected chi connectivity index (χ2v) is 10.9. The van der Waals surface area contributed by atoms with E-state index in [-0.39, 0.29) is 6.09 Å². The Hall–Kier alpha value is -2.79. The van der Waals surface area contributed by atoms with Crippen molar-refractivity contribution < 1.29 is 9.53 Å². The third-order valence-corrected chi connectivity index (χ3v) is 7.87. The fourth-order valence-electron chi connectivity index (χ4n) is 5.64. The third-order valence-electron chi connectivity index (χ3n) is 7.87. The van der Waals surface area contributed by atoms with Gasteiger partial charge in [-0.25, -0.2) is 4.79 Å². The van der Waals surface area contributed by atoms with Crippen LogP contribution in [0.25, 0.3) is 22.2 Å². The van der Waals surface area contributed by atoms with Crippen molar-refractivity contribution in [1.82, 2.24) is 14.8 Å². The summed E-state index contributed by atoms with van der Waals surface area (Å²) in [5, 5.41) is 1.26. The molecule has 0 saturated heterocycles. The zero-order chi connectivity index (χ0) is 26.0. The van der Waals surface area contributed by atoms with Gasteiger partial charge in [0.1, 0.15) is 5.75 Å². The molecule has 200 valence electrons. The number of hydrogen-bond acceptors (Lipinski definition) is 3. The van der Waals surface area contributed by atoms with Gasteiger partial charge < -0.3 is 19.5 Å². The van der Waals surface area contributed by atoms with Gasteiger partial charge in [0.05, 0.1) is 5.69 Å². The average molecular weight is 504 g/mol. The van der Waals surface area contributed by atoms with Crippen molar-refractivity contribution in [2.45, 2.75) is 71.1 Å². The van der Waals surface area contributed by atoms with Gasteiger partial charge in [-0.05, 0) is 62.0 Å². The zero-order valence-electron chi connectivity index (χ0n) is 23.1. The van der Waals surface area contributed by atoms with Gasteiger partial charge >= 0.3 is 6.09 Å². The molecule has 1 aromatic heterocycles. The van der Waals surface area contributed by atoms with Crippen LogP contribution in [0.5, 0.6) is 5.75 Å². The predicted molar refractivity (Wildman–Crippen MR) is 154 cm³/mol. The number of aromatic amines is 1. The summed E-state index contributed by atoms with van der Waals surface area (Å²) < 4.78 is 5.76. The molecular formula is C32H45N3O2. The van der Waals surface area contributed by atoms with Crippen LogP contribution in [0, 0.1) is 5.92 Å². The number of nitrogens with one attached hydrogen (secondary N) is 1. The fraction of sp³-hybridized carbons (Fsp3) is 0.531. The van der Waals surface area contributed by atoms with Crippen LogP contribution >= 0.6 is 0 Å². The van der Waals surface area contributed by atoms with Gasteiger partial charge in [0, 0.05) is 37.1 Å². The van der Waals surface area contributed by atoms with E-state index < -0.39 is 0 Å². The predicted octanol–water partition coefficient (Wildman–Crippen LogP) is 7.90. The first-order chi connectivity index (χ1) is 18.1. The Morgan fingerprint density at radius 2 is 1.68 bits per heavy atom. The quantitative estimate of drug-likeness (QED) is 0.271. The lowest BCUT2D eigenvalue weighted by Crippen LogP contribution is -2.29. The largest absolute Gasteiger partial charge is 0.414 e. The van der Waals surface area contributed by atoms with Crippen LogP contribution in [0.3, 0.4) is 0 Å². The fourth-order valence-corrected chi connectivity index (χ4v) is 5.64. The van der Waals surface area contributed by atoms with E-state index in [9.17, 15) is 4.79 Å². The number of H-pyrrole nitrogens is 1. The first-order valence-electron chi connectivity index (χ1n) is 14.4. The summed E-state index contributed by atoms with van der Waals surface area (Å²) in [5.41, 5.74) is 4.42. The molecule has 1 heterocycles. The molecule has 1 amide bonds. The minimum atomic E-state index is -0.366. The molecule has 1 fully saturated rings. The molecule has 1 N–H and O–H groups in total. The summed E-state index contributed by atoms with van der Waals surface area (Å²) in [6.45, 7) is 5.69. The number of aromatic nitrogens is 1. The van der Waals surface area contributed by atoms with E-state index in [4.69, 9.17) is 4.74 Å². The summed E-state index contributed by atoms with van der Waals surface area (Å²) in [7, 11) is 3.42. The minimum Gasteiger partial charge on any atom is -0.409 e. The minimum absolute atomic E-state index is 0.366. The van der Waals surface area contributed by atoms with Crippen molar-refractivity contribution in [3.05, 3.63) is 54.1 Å². The molecule has 0 bridgehead atoms. The first-order valence-corrected chi connectivity index (χ1v) is 14.4. The van der Waals surface area contributed by atoms with E-state index in [1.807, 2.05) is 24.3 Å². The van der Waals surface area contributed by atoms with Crippen LogP contribution in [0.2, 0.25) is 0 Å². The molecule has 1 aliphatic rings. The highest BCUT2D eigenvalue weighted by molar-refractivity contribution is 5.92. The molecule has 37 heavy (non-hydrogen) atoms. The Balaban J connectivity index is 1.57. The van der Waals surface area contributed by atoms with Crippen LogP contribution in [0.15, 0.2) is 48.5 Å². The van der Waals surface area contributed by atoms with Crippen molar-refractivity contribution in [3.8, 4) is 17.0 Å². The molecule has 5 heteroatoms. The summed E-state index contributed by atoms with van der Waals surface area (Å²) in [5.74, 6) is 1.48. The van der Waals surface area contributed by atoms with Crippen molar-refractivity contribution >= 4 is 17.0 Å². The molecule has 1 aliphatic carbocycles. The molecule has 0 aliphatic heterocycles. The van der Waals surface area contributed by atoms with E-state index in [1.165, 1.54) is 80.2 Å². The van der Waals surface area contributed by atoms with Crippen LogP contribution < -0.4 is 4.74 Å². The second kappa shape index (κ2) is 13.7. The lowest BCUT2D eigenvalue weighted by molar-refractivity contribution is 0.172. The van der Waals surface area contributed by atoms with E-state index in [0.29, 0.717) is 5.75 Å². The number of amides is 1. The van der Waals surface area contributed by atoms with Crippen molar-refractivity contribution in [2.75, 3.05) is 33.7 Å². The molecule has 3 aromatic rings. The molecule has 4 rings (SSSR count). The van der Waals surface area contributed by atoms with Crippen molar-refractivity contribution in [2.24, 2.45) is 5.92 Å². The molecule has 0 radical (unpaired) electrons. The Labute approximate surface area is 223 Å². The number of ether oxygens (including phenoxy) is 1. The summed E-state index contributed by atoms with van der Waals surface area (Å²) in [4.78, 5) is 20.2. The summed E-state index contributed by atoms with van der Waals surface area (Å²) in [6, 6.07) is 16.4. The van der Waals surface area contributed by atoms with Crippen LogP contribution in [0.4, 0.5) is 4.79 Å². The normalized spacial score (nSPS) is 14.7. The number of nitrogens with zero attached hydrogens (tertiary/aromatic N) is 2. The molecular weight excluding hydrogens is 458 g/mol. The van der Waals surface area contributed by atoms with Crippen molar-refractivity contribution in [1.29, 1.82) is 0 Å². The highest BCUT2D eigenvalue weighted by Gasteiger charge is 2.20. The Kier molecular flexibility index (Phi) is 10.1. The maximum Gasteiger partial charge on any atom is 0.414 e. The van der Waals surface area contributed by atoms with E-state index in [0.717, 1.165) is 42.2 Å². The molecule has 0 atom stereocenters. The smallest absolute Gasteiger partial charge is 0.409 e. The van der Waals surface area contributed by atoms with E-state index in [1.54, 1.807) is 14.1 Å². The number of carbonyl (C=O) groups is 1. The van der Waals surface area contributed by atoms with Crippen LogP contribution in [0.1, 0.15) is 70.3 Å². The molecule has 5 nitrogen and oxygen atoms in total. The Morgan fingerprint density at radius 1 is 0.946 bits per heavy atom. The van der Waals surface area contributed by atoms with Gasteiger partial charge in [-0.3, -0.25) is 0 Å². The van der Waals surface area contributed by atoms with Crippen LogP contribution in [-0.4, -0.2) is 54.6 Å². The third kappa shape index (κ3) is 7.38. The topological polar surface area (TPSA) is 48.6 Å². The maximum absolute atomic E-state index is 12.4. The van der Waals surface area contributed by atoms with Gasteiger partial charge in [-0.1, -0.05) is 82.2 Å². The van der Waals surface area contributed by atoms with Gasteiger partial charge in [0.15, 0.2) is 0 Å². The number of benzene rings is 2. The second-order valence-electron chi connectivity index (χ2n) is 10.9. The molecule has 0 unspecified atom stereocenters. The number of fused-ring (bicyclic) bond motifs is 1. The SMILES string of the molecule is CCCCN(CCc1c(-c2ccccc2OC(=O)N(C)C)[nH]c2ccccc12)CCC1CCCCCC1. The summed E-state index contributed by atoms with van der Waals surface area (Å²) >= 11 is 0. The lowest BCUT2D eigenvalue weighted by atomic mass is 9.96. The standard InChI is InChI=1S/C32H45N3O2/c1-4-5-22-35(23-20-25-14-8-6-7-9-15-25)24-21-27-26-16-10-12-18-29(26)33-31(27)28-17-11-13-19-30(28)37-32(36)34(2)3/h10-13,16-19,25,33H,4-9,14-15,20-24H2,1-3H3. The van der Waals surface area contributed by atoms with Gasteiger partial charge in [-0.15, -0.1) is 0 Å². The highest BCUT2D eigenvalue weighted by Crippen LogP contribution is 2.36. The molecule has 2 aromatic carbocycles. The number of carbonyl (C=O) groups excluding carboxylic acids is 1. The highest BCUT2D eigenvalue weighted by atomic mass is 16.6. The van der Waals surface area contributed by atoms with Crippen LogP contribution in [-0.2, 0) is 6.42 Å². The molecule has 0 spiro atoms. The first kappa shape index (κ1) is 27.3. The molecule has 1 saturated carbocycles. The van der Waals surface area contributed by atoms with Gasteiger partial charge in [0.2, 0.25) is 0 Å². The Bertz CT molecular complexity index is 1130. The summed E-state index contributed by atoms with van der Waals surface area (Å²) in [6.07, 6.45) is 12.9. The van der Waals surface area contributed by atoms with Crippen molar-refractivity contribution in [3.63, 3.8) is 0 Å². The number of hydrogen-bond donors (Lipinski definition) is 1. The number of para-hydroxylation sites is 2. The number of unbranched alkanes of at least 4 members (excludes halogenated alkanes) is 1. The van der Waals surface area contributed by atoms with E-state index >= 15 is 0 Å². The monoisotopic (exact) mass is 503 g/mol.